The lowest BCUT2D eigenvalue weighted by molar-refractivity contribution is -0.137. The van der Waals surface area contributed by atoms with Crippen LogP contribution in [0.1, 0.15) is 11.1 Å². The summed E-state index contributed by atoms with van der Waals surface area (Å²) in [4.78, 5) is 4.22. The minimum Gasteiger partial charge on any atom is -0.383 e. The SMILES string of the molecule is Cl.NC1=Nc2cc(C(F)(F)F)ccc2Nc2sc3ccccc3c21. The van der Waals surface area contributed by atoms with E-state index in [1.165, 1.54) is 17.4 Å². The fraction of sp³-hybridized carbons (Fsp3) is 0.0625. The number of thiophene rings is 1. The number of hydrogen-bond donors (Lipinski definition) is 2. The molecule has 4 rings (SSSR count). The number of aliphatic imine (C=N–C) groups is 1. The minimum absolute atomic E-state index is 0. The maximum Gasteiger partial charge on any atom is 0.416 e. The molecule has 0 amide bonds. The second-order valence-electron chi connectivity index (χ2n) is 5.15. The molecule has 0 radical (unpaired) electrons. The van der Waals surface area contributed by atoms with E-state index in [1.807, 2.05) is 24.3 Å². The molecule has 3 aromatic rings. The van der Waals surface area contributed by atoms with Crippen LogP contribution in [0.2, 0.25) is 0 Å². The summed E-state index contributed by atoms with van der Waals surface area (Å²) in [6, 6.07) is 11.1. The Morgan fingerprint density at radius 1 is 1.08 bits per heavy atom. The maximum atomic E-state index is 12.9. The molecule has 0 bridgehead atoms. The second-order valence-corrected chi connectivity index (χ2v) is 6.21. The van der Waals surface area contributed by atoms with Gasteiger partial charge in [-0.1, -0.05) is 18.2 Å². The van der Waals surface area contributed by atoms with Crippen molar-refractivity contribution in [3.63, 3.8) is 0 Å². The monoisotopic (exact) mass is 369 g/mol. The Morgan fingerprint density at radius 3 is 2.58 bits per heavy atom. The molecular formula is C16H11ClF3N3S. The molecule has 8 heteroatoms. The Bertz CT molecular complexity index is 963. The first-order chi connectivity index (χ1) is 10.9. The third-order valence-corrected chi connectivity index (χ3v) is 4.75. The molecule has 1 aliphatic rings. The number of nitrogens with two attached hydrogens (primary N) is 1. The minimum atomic E-state index is -4.41. The van der Waals surface area contributed by atoms with Crippen molar-refractivity contribution in [1.82, 2.24) is 0 Å². The van der Waals surface area contributed by atoms with Crippen LogP contribution < -0.4 is 11.1 Å². The summed E-state index contributed by atoms with van der Waals surface area (Å²) in [7, 11) is 0. The van der Waals surface area contributed by atoms with Gasteiger partial charge in [-0.15, -0.1) is 23.7 Å². The number of fused-ring (bicyclic) bond motifs is 4. The smallest absolute Gasteiger partial charge is 0.383 e. The van der Waals surface area contributed by atoms with Crippen molar-refractivity contribution in [1.29, 1.82) is 0 Å². The van der Waals surface area contributed by atoms with E-state index in [4.69, 9.17) is 5.73 Å². The molecule has 0 saturated carbocycles. The van der Waals surface area contributed by atoms with Crippen LogP contribution >= 0.6 is 23.7 Å². The number of hydrogen-bond acceptors (Lipinski definition) is 4. The Labute approximate surface area is 145 Å². The van der Waals surface area contributed by atoms with Crippen molar-refractivity contribution in [3.8, 4) is 0 Å². The molecule has 124 valence electrons. The second kappa shape index (κ2) is 5.68. The molecule has 2 heterocycles. The van der Waals surface area contributed by atoms with Gasteiger partial charge < -0.3 is 11.1 Å². The number of halogens is 4. The lowest BCUT2D eigenvalue weighted by Gasteiger charge is -2.10. The fourth-order valence-corrected chi connectivity index (χ4v) is 3.73. The van der Waals surface area contributed by atoms with E-state index in [2.05, 4.69) is 10.3 Å². The summed E-state index contributed by atoms with van der Waals surface area (Å²) >= 11 is 1.50. The highest BCUT2D eigenvalue weighted by atomic mass is 35.5. The average molecular weight is 370 g/mol. The van der Waals surface area contributed by atoms with E-state index in [9.17, 15) is 13.2 Å². The lowest BCUT2D eigenvalue weighted by Crippen LogP contribution is -2.12. The molecule has 24 heavy (non-hydrogen) atoms. The number of alkyl halides is 3. The maximum absolute atomic E-state index is 12.9. The zero-order valence-electron chi connectivity index (χ0n) is 12.0. The van der Waals surface area contributed by atoms with Crippen molar-refractivity contribution >= 4 is 56.0 Å². The number of anilines is 2. The van der Waals surface area contributed by atoms with E-state index in [0.717, 1.165) is 32.8 Å². The van der Waals surface area contributed by atoms with Crippen LogP contribution in [0.3, 0.4) is 0 Å². The summed E-state index contributed by atoms with van der Waals surface area (Å²) in [5.41, 5.74) is 6.74. The molecule has 3 nitrogen and oxygen atoms in total. The Kier molecular flexibility index (Phi) is 3.93. The molecule has 0 fully saturated rings. The first-order valence-electron chi connectivity index (χ1n) is 6.78. The van der Waals surface area contributed by atoms with Gasteiger partial charge >= 0.3 is 6.18 Å². The summed E-state index contributed by atoms with van der Waals surface area (Å²) in [5, 5.41) is 4.88. The first kappa shape index (κ1) is 16.6. The van der Waals surface area contributed by atoms with E-state index >= 15 is 0 Å². The summed E-state index contributed by atoms with van der Waals surface area (Å²) < 4.78 is 39.6. The third kappa shape index (κ3) is 2.59. The predicted molar refractivity (Wildman–Crippen MR) is 94.2 cm³/mol. The molecular weight excluding hydrogens is 359 g/mol. The summed E-state index contributed by atoms with van der Waals surface area (Å²) in [6.07, 6.45) is -4.41. The molecule has 0 unspecified atom stereocenters. The van der Waals surface area contributed by atoms with Gasteiger partial charge in [0.2, 0.25) is 0 Å². The van der Waals surface area contributed by atoms with Crippen molar-refractivity contribution in [2.24, 2.45) is 10.7 Å². The van der Waals surface area contributed by atoms with Gasteiger partial charge in [0.1, 0.15) is 10.8 Å². The van der Waals surface area contributed by atoms with Gasteiger partial charge in [0.15, 0.2) is 0 Å². The van der Waals surface area contributed by atoms with Crippen molar-refractivity contribution < 1.29 is 13.2 Å². The zero-order chi connectivity index (χ0) is 16.2. The van der Waals surface area contributed by atoms with Crippen molar-refractivity contribution in [3.05, 3.63) is 53.6 Å². The fourth-order valence-electron chi connectivity index (χ4n) is 2.60. The van der Waals surface area contributed by atoms with Gasteiger partial charge in [-0.2, -0.15) is 13.2 Å². The summed E-state index contributed by atoms with van der Waals surface area (Å²) in [6.45, 7) is 0. The standard InChI is InChI=1S/C16H10F3N3S.ClH/c17-16(18,19)8-5-6-10-11(7-8)21-14(20)13-9-3-1-2-4-12(9)23-15(13)22-10;/h1-7,22H,(H2,20,21);1H. The van der Waals surface area contributed by atoms with Gasteiger partial charge in [-0.05, 0) is 24.3 Å². The van der Waals surface area contributed by atoms with Crippen LogP contribution in [0.4, 0.5) is 29.5 Å². The van der Waals surface area contributed by atoms with Crippen LogP contribution in [-0.4, -0.2) is 5.84 Å². The molecule has 1 aliphatic heterocycles. The van der Waals surface area contributed by atoms with Gasteiger partial charge in [0.25, 0.3) is 0 Å². The first-order valence-corrected chi connectivity index (χ1v) is 7.59. The van der Waals surface area contributed by atoms with Gasteiger partial charge in [0, 0.05) is 10.1 Å². The molecule has 0 atom stereocenters. The molecule has 2 aromatic carbocycles. The quantitative estimate of drug-likeness (QED) is 0.554. The third-order valence-electron chi connectivity index (χ3n) is 3.67. The van der Waals surface area contributed by atoms with E-state index in [1.54, 1.807) is 0 Å². The number of benzene rings is 2. The van der Waals surface area contributed by atoms with E-state index in [0.29, 0.717) is 5.69 Å². The average Bonchev–Trinajstić information content (AvgIpc) is 2.79. The van der Waals surface area contributed by atoms with Crippen molar-refractivity contribution in [2.75, 3.05) is 5.32 Å². The van der Waals surface area contributed by atoms with E-state index < -0.39 is 11.7 Å². The van der Waals surface area contributed by atoms with Crippen LogP contribution in [0.5, 0.6) is 0 Å². The van der Waals surface area contributed by atoms with Gasteiger partial charge in [0.05, 0.1) is 22.5 Å². The number of nitrogens with one attached hydrogen (secondary N) is 1. The highest BCUT2D eigenvalue weighted by molar-refractivity contribution is 7.23. The molecule has 3 N–H and O–H groups in total. The Hall–Kier alpha value is -2.25. The number of nitrogens with zero attached hydrogens (tertiary/aromatic N) is 1. The summed E-state index contributed by atoms with van der Waals surface area (Å²) in [5.74, 6) is 0.211. The molecule has 0 aliphatic carbocycles. The van der Waals surface area contributed by atoms with Crippen molar-refractivity contribution in [2.45, 2.75) is 6.18 Å². The van der Waals surface area contributed by atoms with Crippen LogP contribution in [0, 0.1) is 0 Å². The molecule has 0 spiro atoms. The number of amidine groups is 1. The lowest BCUT2D eigenvalue weighted by atomic mass is 10.1. The van der Waals surface area contributed by atoms with E-state index in [-0.39, 0.29) is 23.9 Å². The predicted octanol–water partition coefficient (Wildman–Crippen LogP) is 5.44. The van der Waals surface area contributed by atoms with Gasteiger partial charge in [-0.3, -0.25) is 0 Å². The molecule has 1 aromatic heterocycles. The Balaban J connectivity index is 0.00000169. The number of rotatable bonds is 0. The topological polar surface area (TPSA) is 50.4 Å². The van der Waals surface area contributed by atoms with Crippen LogP contribution in [0.15, 0.2) is 47.5 Å². The zero-order valence-corrected chi connectivity index (χ0v) is 13.6. The van der Waals surface area contributed by atoms with Crippen LogP contribution in [-0.2, 0) is 6.18 Å². The Morgan fingerprint density at radius 2 is 1.83 bits per heavy atom. The highest BCUT2D eigenvalue weighted by Crippen LogP contribution is 2.43. The van der Waals surface area contributed by atoms with Gasteiger partial charge in [-0.25, -0.2) is 4.99 Å². The highest BCUT2D eigenvalue weighted by Gasteiger charge is 2.31. The van der Waals surface area contributed by atoms with Crippen LogP contribution in [0.25, 0.3) is 10.1 Å². The molecule has 0 saturated heterocycles. The largest absolute Gasteiger partial charge is 0.416 e. The normalized spacial score (nSPS) is 13.2.